The van der Waals surface area contributed by atoms with Gasteiger partial charge in [-0.2, -0.15) is 4.52 Å². The van der Waals surface area contributed by atoms with E-state index in [9.17, 15) is 4.79 Å². The first-order valence-corrected chi connectivity index (χ1v) is 10.5. The van der Waals surface area contributed by atoms with Gasteiger partial charge in [0.2, 0.25) is 0 Å². The van der Waals surface area contributed by atoms with Gasteiger partial charge in [0.05, 0.1) is 17.6 Å². The summed E-state index contributed by atoms with van der Waals surface area (Å²) in [5.41, 5.74) is 4.87. The first-order valence-electron chi connectivity index (χ1n) is 10.1. The van der Waals surface area contributed by atoms with Crippen LogP contribution in [-0.4, -0.2) is 35.8 Å². The molecule has 0 aliphatic carbocycles. The van der Waals surface area contributed by atoms with E-state index in [2.05, 4.69) is 26.6 Å². The molecule has 8 heteroatoms. The second-order valence-electron chi connectivity index (χ2n) is 7.64. The number of hydrogen-bond donors (Lipinski definition) is 0. The van der Waals surface area contributed by atoms with Crippen molar-refractivity contribution in [3.63, 3.8) is 0 Å². The van der Waals surface area contributed by atoms with Crippen LogP contribution in [0.15, 0.2) is 73.1 Å². The van der Waals surface area contributed by atoms with E-state index >= 15 is 0 Å². The molecule has 0 fully saturated rings. The number of halogens is 1. The molecule has 32 heavy (non-hydrogen) atoms. The number of benzene rings is 2. The fourth-order valence-electron chi connectivity index (χ4n) is 3.81. The summed E-state index contributed by atoms with van der Waals surface area (Å²) in [6.45, 7) is 2.69. The summed E-state index contributed by atoms with van der Waals surface area (Å²) < 4.78 is 1.71. The average Bonchev–Trinajstić information content (AvgIpc) is 3.30. The van der Waals surface area contributed by atoms with E-state index in [0.29, 0.717) is 29.3 Å². The molecule has 0 unspecified atom stereocenters. The van der Waals surface area contributed by atoms with Gasteiger partial charge in [-0.1, -0.05) is 41.4 Å². The van der Waals surface area contributed by atoms with Crippen molar-refractivity contribution in [1.82, 2.24) is 29.9 Å². The summed E-state index contributed by atoms with van der Waals surface area (Å²) in [4.78, 5) is 19.3. The molecule has 0 aliphatic rings. The summed E-state index contributed by atoms with van der Waals surface area (Å²) in [6.07, 6.45) is 3.21. The molecule has 0 saturated heterocycles. The third-order valence-electron chi connectivity index (χ3n) is 5.37. The van der Waals surface area contributed by atoms with Gasteiger partial charge in [0.25, 0.3) is 5.91 Å². The summed E-state index contributed by atoms with van der Waals surface area (Å²) >= 11 is 6.41. The van der Waals surface area contributed by atoms with Crippen LogP contribution in [0, 0.1) is 6.92 Å². The Morgan fingerprint density at radius 3 is 2.69 bits per heavy atom. The molecule has 2 aromatic carbocycles. The van der Waals surface area contributed by atoms with Crippen molar-refractivity contribution in [3.8, 4) is 0 Å². The standard InChI is InChI=1S/C24H19ClN6O/c1-16-8-9-22-19(11-16)12-20(23-27-28-29-31(22)23)15-30(14-18-5-2-3-7-21(18)25)24(32)17-6-4-10-26-13-17/h2-13H,14-15H2,1H3. The van der Waals surface area contributed by atoms with Gasteiger partial charge in [-0.05, 0) is 59.3 Å². The Kier molecular flexibility index (Phi) is 5.25. The quantitative estimate of drug-likeness (QED) is 0.401. The number of nitrogens with zero attached hydrogens (tertiary/aromatic N) is 6. The van der Waals surface area contributed by atoms with Crippen molar-refractivity contribution in [2.75, 3.05) is 0 Å². The predicted octanol–water partition coefficient (Wildman–Crippen LogP) is 4.48. The van der Waals surface area contributed by atoms with Crippen molar-refractivity contribution >= 4 is 34.1 Å². The Morgan fingerprint density at radius 2 is 1.88 bits per heavy atom. The molecule has 0 N–H and O–H groups in total. The van der Waals surface area contributed by atoms with Gasteiger partial charge in [-0.25, -0.2) is 0 Å². The van der Waals surface area contributed by atoms with Crippen LogP contribution in [-0.2, 0) is 13.1 Å². The lowest BCUT2D eigenvalue weighted by Crippen LogP contribution is -2.30. The van der Waals surface area contributed by atoms with E-state index in [1.54, 1.807) is 33.9 Å². The van der Waals surface area contributed by atoms with Crippen LogP contribution in [0.2, 0.25) is 5.02 Å². The van der Waals surface area contributed by atoms with Gasteiger partial charge in [0.15, 0.2) is 5.65 Å². The second kappa shape index (κ2) is 8.36. The molecule has 0 aliphatic heterocycles. The molecule has 5 rings (SSSR count). The van der Waals surface area contributed by atoms with E-state index < -0.39 is 0 Å². The topological polar surface area (TPSA) is 76.3 Å². The number of rotatable bonds is 5. The summed E-state index contributed by atoms with van der Waals surface area (Å²) in [5, 5.41) is 13.9. The monoisotopic (exact) mass is 442 g/mol. The number of hydrogen-bond acceptors (Lipinski definition) is 5. The average molecular weight is 443 g/mol. The summed E-state index contributed by atoms with van der Waals surface area (Å²) in [5.74, 6) is -0.145. The van der Waals surface area contributed by atoms with Crippen LogP contribution in [0.25, 0.3) is 16.6 Å². The van der Waals surface area contributed by atoms with Gasteiger partial charge in [-0.3, -0.25) is 9.78 Å². The number of carbonyl (C=O) groups is 1. The zero-order valence-electron chi connectivity index (χ0n) is 17.3. The Bertz CT molecular complexity index is 1430. The largest absolute Gasteiger partial charge is 0.330 e. The molecule has 0 atom stereocenters. The fraction of sp³-hybridized carbons (Fsp3) is 0.125. The first-order chi connectivity index (χ1) is 15.6. The van der Waals surface area contributed by atoms with Crippen LogP contribution in [0.3, 0.4) is 0 Å². The van der Waals surface area contributed by atoms with E-state index in [1.807, 2.05) is 49.4 Å². The van der Waals surface area contributed by atoms with Crippen LogP contribution >= 0.6 is 11.6 Å². The number of tetrazole rings is 1. The summed E-state index contributed by atoms with van der Waals surface area (Å²) in [7, 11) is 0. The Hall–Kier alpha value is -3.84. The van der Waals surface area contributed by atoms with Crippen molar-refractivity contribution in [2.45, 2.75) is 20.0 Å². The van der Waals surface area contributed by atoms with Crippen LogP contribution in [0.5, 0.6) is 0 Å². The number of carbonyl (C=O) groups excluding carboxylic acids is 1. The highest BCUT2D eigenvalue weighted by atomic mass is 35.5. The molecule has 1 amide bonds. The number of aryl methyl sites for hydroxylation is 1. The molecule has 3 heterocycles. The normalized spacial score (nSPS) is 11.2. The molecule has 0 saturated carbocycles. The molecule has 5 aromatic rings. The maximum Gasteiger partial charge on any atom is 0.256 e. The smallest absolute Gasteiger partial charge is 0.256 e. The first kappa shape index (κ1) is 20.1. The molecular weight excluding hydrogens is 424 g/mol. The van der Waals surface area contributed by atoms with E-state index in [-0.39, 0.29) is 5.91 Å². The zero-order chi connectivity index (χ0) is 22.1. The number of amides is 1. The van der Waals surface area contributed by atoms with Gasteiger partial charge >= 0.3 is 0 Å². The SMILES string of the molecule is Cc1ccc2c(c1)cc(CN(Cc1ccccc1Cl)C(=O)c1cccnc1)c1nnnn12. The number of fused-ring (bicyclic) bond motifs is 3. The van der Waals surface area contributed by atoms with Crippen molar-refractivity contribution in [2.24, 2.45) is 0 Å². The third kappa shape index (κ3) is 3.78. The van der Waals surface area contributed by atoms with Crippen LogP contribution < -0.4 is 0 Å². The van der Waals surface area contributed by atoms with Crippen LogP contribution in [0.1, 0.15) is 27.0 Å². The van der Waals surface area contributed by atoms with Gasteiger partial charge < -0.3 is 4.90 Å². The van der Waals surface area contributed by atoms with E-state index in [1.165, 1.54) is 0 Å². The lowest BCUT2D eigenvalue weighted by molar-refractivity contribution is 0.0730. The summed E-state index contributed by atoms with van der Waals surface area (Å²) in [6, 6.07) is 19.2. The third-order valence-corrected chi connectivity index (χ3v) is 5.74. The molecular formula is C24H19ClN6O. The molecule has 0 spiro atoms. The van der Waals surface area contributed by atoms with Crippen LogP contribution in [0.4, 0.5) is 0 Å². The molecule has 7 nitrogen and oxygen atoms in total. The Balaban J connectivity index is 1.60. The fourth-order valence-corrected chi connectivity index (χ4v) is 4.01. The predicted molar refractivity (Wildman–Crippen MR) is 122 cm³/mol. The van der Waals surface area contributed by atoms with Gasteiger partial charge in [-0.15, -0.1) is 5.10 Å². The minimum atomic E-state index is -0.145. The molecule has 158 valence electrons. The highest BCUT2D eigenvalue weighted by Crippen LogP contribution is 2.24. The van der Waals surface area contributed by atoms with Crippen molar-refractivity contribution in [1.29, 1.82) is 0 Å². The minimum Gasteiger partial charge on any atom is -0.330 e. The zero-order valence-corrected chi connectivity index (χ0v) is 18.1. The van der Waals surface area contributed by atoms with Crippen molar-refractivity contribution < 1.29 is 4.79 Å². The second-order valence-corrected chi connectivity index (χ2v) is 8.05. The highest BCUT2D eigenvalue weighted by Gasteiger charge is 2.21. The molecule has 0 bridgehead atoms. The van der Waals surface area contributed by atoms with Crippen molar-refractivity contribution in [3.05, 3.63) is 100 Å². The number of pyridine rings is 2. The van der Waals surface area contributed by atoms with Gasteiger partial charge in [0.1, 0.15) is 0 Å². The molecule has 3 aromatic heterocycles. The lowest BCUT2D eigenvalue weighted by atomic mass is 10.1. The van der Waals surface area contributed by atoms with E-state index in [0.717, 1.165) is 27.6 Å². The maximum absolute atomic E-state index is 13.4. The number of aromatic nitrogens is 5. The maximum atomic E-state index is 13.4. The Labute approximate surface area is 189 Å². The Morgan fingerprint density at radius 1 is 1.03 bits per heavy atom. The van der Waals surface area contributed by atoms with E-state index in [4.69, 9.17) is 11.6 Å². The van der Waals surface area contributed by atoms with Gasteiger partial charge in [0, 0.05) is 34.9 Å². The highest BCUT2D eigenvalue weighted by molar-refractivity contribution is 6.31. The minimum absolute atomic E-state index is 0.145. The molecule has 0 radical (unpaired) electrons. The lowest BCUT2D eigenvalue weighted by Gasteiger charge is -2.24.